The Balaban J connectivity index is 1.62. The van der Waals surface area contributed by atoms with Crippen molar-refractivity contribution in [2.75, 3.05) is 5.73 Å². The van der Waals surface area contributed by atoms with Crippen LogP contribution in [0.4, 0.5) is 5.82 Å². The van der Waals surface area contributed by atoms with Crippen molar-refractivity contribution in [3.05, 3.63) is 48.4 Å². The highest BCUT2D eigenvalue weighted by molar-refractivity contribution is 5.98. The highest BCUT2D eigenvalue weighted by Crippen LogP contribution is 2.30. The second-order valence-corrected chi connectivity index (χ2v) is 7.33. The van der Waals surface area contributed by atoms with Crippen LogP contribution < -0.4 is 11.1 Å². The Morgan fingerprint density at radius 1 is 1.27 bits per heavy atom. The smallest absolute Gasteiger partial charge is 0.273 e. The van der Waals surface area contributed by atoms with Crippen LogP contribution in [0.3, 0.4) is 0 Å². The van der Waals surface area contributed by atoms with E-state index >= 15 is 0 Å². The van der Waals surface area contributed by atoms with Crippen molar-refractivity contribution < 1.29 is 14.3 Å². The van der Waals surface area contributed by atoms with Crippen LogP contribution in [0.15, 0.2) is 41.4 Å². The van der Waals surface area contributed by atoms with Gasteiger partial charge in [0.05, 0.1) is 12.3 Å². The predicted octanol–water partition coefficient (Wildman–Crippen LogP) is 1.59. The maximum atomic E-state index is 12.8. The number of pyridine rings is 1. The molecule has 30 heavy (non-hydrogen) atoms. The lowest BCUT2D eigenvalue weighted by Gasteiger charge is -2.31. The number of amides is 1. The van der Waals surface area contributed by atoms with Gasteiger partial charge in [-0.25, -0.2) is 19.9 Å². The van der Waals surface area contributed by atoms with Gasteiger partial charge in [-0.15, -0.1) is 0 Å². The number of imidazole rings is 1. The molecule has 0 atom stereocenters. The van der Waals surface area contributed by atoms with E-state index < -0.39 is 5.91 Å². The van der Waals surface area contributed by atoms with Crippen molar-refractivity contribution in [1.29, 1.82) is 0 Å². The maximum Gasteiger partial charge on any atom is 0.273 e. The lowest BCUT2D eigenvalue weighted by atomic mass is 9.89. The zero-order valence-electron chi connectivity index (χ0n) is 16.1. The second-order valence-electron chi connectivity index (χ2n) is 7.33. The fourth-order valence-electron chi connectivity index (χ4n) is 3.51. The van der Waals surface area contributed by atoms with Crippen molar-refractivity contribution in [1.82, 2.24) is 29.7 Å². The number of nitrogen functional groups attached to an aromatic ring is 1. The van der Waals surface area contributed by atoms with Gasteiger partial charge in [-0.1, -0.05) is 0 Å². The number of aliphatic hydroxyl groups is 1. The summed E-state index contributed by atoms with van der Waals surface area (Å²) in [5.41, 5.74) is 9.29. The predicted molar refractivity (Wildman–Crippen MR) is 107 cm³/mol. The largest absolute Gasteiger partial charge is 0.443 e. The zero-order valence-corrected chi connectivity index (χ0v) is 16.1. The van der Waals surface area contributed by atoms with Gasteiger partial charge in [0.2, 0.25) is 5.89 Å². The number of carbonyl (C=O) groups is 1. The Bertz CT molecular complexity index is 1240. The fraction of sp³-hybridized carbons (Fsp3) is 0.250. The molecule has 10 nitrogen and oxygen atoms in total. The molecule has 0 bridgehead atoms. The molecule has 0 spiro atoms. The first kappa shape index (κ1) is 18.3. The minimum absolute atomic E-state index is 0.0177. The normalized spacial score (nSPS) is 18.3. The minimum Gasteiger partial charge on any atom is -0.443 e. The molecule has 0 radical (unpaired) electrons. The summed E-state index contributed by atoms with van der Waals surface area (Å²) in [6, 6.07) is 3.60. The highest BCUT2D eigenvalue weighted by Gasteiger charge is 2.30. The minimum atomic E-state index is -0.433. The number of nitrogens with zero attached hydrogens (tertiary/aromatic N) is 5. The number of aryl methyl sites for hydroxylation is 1. The summed E-state index contributed by atoms with van der Waals surface area (Å²) in [6.07, 6.45) is 7.22. The number of fused-ring (bicyclic) bond motifs is 1. The van der Waals surface area contributed by atoms with E-state index in [0.29, 0.717) is 29.8 Å². The van der Waals surface area contributed by atoms with E-state index in [4.69, 9.17) is 10.2 Å². The molecule has 4 heterocycles. The molecule has 1 amide bonds. The zero-order chi connectivity index (χ0) is 20.8. The monoisotopic (exact) mass is 405 g/mol. The van der Waals surface area contributed by atoms with Crippen LogP contribution in [0.2, 0.25) is 0 Å². The highest BCUT2D eigenvalue weighted by atomic mass is 16.3. The summed E-state index contributed by atoms with van der Waals surface area (Å²) < 4.78 is 7.34. The molecule has 1 aliphatic rings. The lowest BCUT2D eigenvalue weighted by molar-refractivity contribution is 0.0561. The number of hydrogen-bond donors (Lipinski definition) is 3. The Kier molecular flexibility index (Phi) is 4.21. The number of nitrogens with one attached hydrogen (secondary N) is 1. The molecular formula is C20H19N7O3. The molecule has 0 unspecified atom stereocenters. The van der Waals surface area contributed by atoms with Crippen LogP contribution in [0.25, 0.3) is 28.5 Å². The van der Waals surface area contributed by atoms with Gasteiger partial charge in [-0.3, -0.25) is 4.79 Å². The second kappa shape index (κ2) is 6.92. The molecule has 5 rings (SSSR count). The molecule has 10 heteroatoms. The van der Waals surface area contributed by atoms with E-state index in [1.807, 2.05) is 29.7 Å². The summed E-state index contributed by atoms with van der Waals surface area (Å²) in [4.78, 5) is 30.2. The van der Waals surface area contributed by atoms with Gasteiger partial charge in [0, 0.05) is 29.7 Å². The van der Waals surface area contributed by atoms with Crippen LogP contribution in [-0.2, 0) is 0 Å². The molecule has 0 aromatic carbocycles. The van der Waals surface area contributed by atoms with Crippen molar-refractivity contribution in [2.45, 2.75) is 31.9 Å². The maximum absolute atomic E-state index is 12.8. The van der Waals surface area contributed by atoms with Gasteiger partial charge >= 0.3 is 0 Å². The third kappa shape index (κ3) is 3.07. The molecular weight excluding hydrogens is 386 g/mol. The van der Waals surface area contributed by atoms with Crippen LogP contribution in [0, 0.1) is 6.92 Å². The van der Waals surface area contributed by atoms with Gasteiger partial charge in [0.15, 0.2) is 17.2 Å². The number of anilines is 1. The molecule has 152 valence electrons. The molecule has 4 N–H and O–H groups in total. The van der Waals surface area contributed by atoms with Gasteiger partial charge in [-0.2, -0.15) is 0 Å². The Morgan fingerprint density at radius 3 is 2.83 bits per heavy atom. The Hall–Kier alpha value is -3.79. The van der Waals surface area contributed by atoms with Crippen LogP contribution in [-0.4, -0.2) is 47.5 Å². The van der Waals surface area contributed by atoms with Gasteiger partial charge < -0.3 is 25.0 Å². The van der Waals surface area contributed by atoms with E-state index in [2.05, 4.69) is 25.3 Å². The van der Waals surface area contributed by atoms with Gasteiger partial charge in [0.25, 0.3) is 5.91 Å². The van der Waals surface area contributed by atoms with Gasteiger partial charge in [0.1, 0.15) is 17.6 Å². The molecule has 4 aromatic rings. The fourth-order valence-corrected chi connectivity index (χ4v) is 3.51. The first-order valence-electron chi connectivity index (χ1n) is 9.50. The Morgan fingerprint density at radius 2 is 2.10 bits per heavy atom. The van der Waals surface area contributed by atoms with Crippen LogP contribution in [0.5, 0.6) is 0 Å². The van der Waals surface area contributed by atoms with E-state index in [0.717, 1.165) is 11.3 Å². The summed E-state index contributed by atoms with van der Waals surface area (Å²) in [7, 11) is 0. The molecule has 1 saturated carbocycles. The van der Waals surface area contributed by atoms with Gasteiger partial charge in [-0.05, 0) is 31.9 Å². The van der Waals surface area contributed by atoms with E-state index in [1.165, 1.54) is 12.5 Å². The van der Waals surface area contributed by atoms with Crippen molar-refractivity contribution in [2.24, 2.45) is 0 Å². The average Bonchev–Trinajstić information content (AvgIpc) is 3.37. The van der Waals surface area contributed by atoms with Crippen LogP contribution >= 0.6 is 0 Å². The topological polar surface area (TPSA) is 144 Å². The lowest BCUT2D eigenvalue weighted by Crippen LogP contribution is -2.47. The summed E-state index contributed by atoms with van der Waals surface area (Å²) in [5.74, 6) is -0.207. The van der Waals surface area contributed by atoms with Crippen molar-refractivity contribution >= 4 is 17.4 Å². The first-order chi connectivity index (χ1) is 14.5. The summed E-state index contributed by atoms with van der Waals surface area (Å²) in [6.45, 7) is 1.94. The number of aliphatic hydroxyl groups excluding tert-OH is 1. The number of carbonyl (C=O) groups excluding carboxylic acids is 1. The number of hydrogen-bond acceptors (Lipinski definition) is 8. The molecule has 1 fully saturated rings. The molecule has 0 aliphatic heterocycles. The quantitative estimate of drug-likeness (QED) is 0.464. The summed E-state index contributed by atoms with van der Waals surface area (Å²) >= 11 is 0. The average molecular weight is 405 g/mol. The van der Waals surface area contributed by atoms with E-state index in [9.17, 15) is 9.90 Å². The van der Waals surface area contributed by atoms with E-state index in [-0.39, 0.29) is 29.5 Å². The molecule has 4 aromatic heterocycles. The Labute approximate surface area is 170 Å². The third-order valence-electron chi connectivity index (χ3n) is 5.19. The van der Waals surface area contributed by atoms with E-state index in [1.54, 1.807) is 6.20 Å². The SMILES string of the molecule is Cc1cnc2ccc(-c3nc(C(=O)NC4CC(O)C4)c(N)nc3-c3ncco3)cn12. The number of aromatic nitrogens is 5. The van der Waals surface area contributed by atoms with Crippen molar-refractivity contribution in [3.63, 3.8) is 0 Å². The summed E-state index contributed by atoms with van der Waals surface area (Å²) in [5, 5.41) is 12.3. The number of nitrogens with two attached hydrogens (primary N) is 1. The molecule has 1 aliphatic carbocycles. The number of rotatable bonds is 4. The first-order valence-corrected chi connectivity index (χ1v) is 9.50. The molecule has 0 saturated heterocycles. The number of oxazole rings is 1. The standard InChI is InChI=1S/C20H19N7O3/c1-10-8-23-14-3-2-11(9-27(10)14)15-16(20-22-4-5-30-20)26-18(21)17(25-15)19(29)24-12-6-13(28)7-12/h2-5,8-9,12-13,28H,6-7H2,1H3,(H2,21,26)(H,24,29). The van der Waals surface area contributed by atoms with Crippen LogP contribution in [0.1, 0.15) is 29.0 Å². The third-order valence-corrected chi connectivity index (χ3v) is 5.19. The van der Waals surface area contributed by atoms with Crippen molar-refractivity contribution in [3.8, 4) is 22.8 Å².